The molecular weight excluding hydrogens is 271 g/mol. The Kier molecular flexibility index (Phi) is 4.60. The smallest absolute Gasteiger partial charge is 0.250 e. The van der Waals surface area contributed by atoms with Crippen LogP contribution in [0.4, 0.5) is 10.1 Å². The van der Waals surface area contributed by atoms with Crippen molar-refractivity contribution in [2.45, 2.75) is 52.1 Å². The lowest BCUT2D eigenvalue weighted by molar-refractivity contribution is -0.134. The molecule has 4 nitrogen and oxygen atoms in total. The number of halogens is 1. The Labute approximate surface area is 124 Å². The van der Waals surface area contributed by atoms with E-state index in [2.05, 4.69) is 5.32 Å². The Bertz CT molecular complexity index is 559. The Hall–Kier alpha value is -1.91. The highest BCUT2D eigenvalue weighted by molar-refractivity contribution is 6.08. The molecule has 1 fully saturated rings. The zero-order chi connectivity index (χ0) is 15.6. The molecule has 0 saturated carbocycles. The van der Waals surface area contributed by atoms with Gasteiger partial charge in [0.1, 0.15) is 17.9 Å². The number of rotatable bonds is 4. The second-order valence-corrected chi connectivity index (χ2v) is 5.42. The monoisotopic (exact) mass is 292 g/mol. The fourth-order valence-corrected chi connectivity index (χ4v) is 2.66. The van der Waals surface area contributed by atoms with Crippen LogP contribution in [0.3, 0.4) is 0 Å². The van der Waals surface area contributed by atoms with Crippen LogP contribution < -0.4 is 10.2 Å². The lowest BCUT2D eigenvalue weighted by atomic mass is 10.0. The van der Waals surface area contributed by atoms with Gasteiger partial charge in [-0.25, -0.2) is 4.39 Å². The number of carbonyl (C=O) groups is 2. The van der Waals surface area contributed by atoms with Crippen molar-refractivity contribution in [1.29, 1.82) is 0 Å². The third-order valence-electron chi connectivity index (χ3n) is 3.86. The molecule has 2 rings (SSSR count). The van der Waals surface area contributed by atoms with Crippen LogP contribution in [0.15, 0.2) is 18.2 Å². The summed E-state index contributed by atoms with van der Waals surface area (Å²) in [5.41, 5.74) is 0.969. The molecule has 1 N–H and O–H groups in total. The largest absolute Gasteiger partial charge is 0.342 e. The minimum absolute atomic E-state index is 0.161. The van der Waals surface area contributed by atoms with E-state index in [0.29, 0.717) is 24.1 Å². The van der Waals surface area contributed by atoms with Crippen molar-refractivity contribution in [2.75, 3.05) is 4.90 Å². The first-order valence-electron chi connectivity index (χ1n) is 7.39. The van der Waals surface area contributed by atoms with Crippen LogP contribution in [-0.2, 0) is 9.59 Å². The molecule has 1 aromatic rings. The van der Waals surface area contributed by atoms with Gasteiger partial charge in [0, 0.05) is 5.69 Å². The number of piperazine rings is 1. The Morgan fingerprint density at radius 3 is 2.57 bits per heavy atom. The highest BCUT2D eigenvalue weighted by atomic mass is 19.1. The van der Waals surface area contributed by atoms with Crippen LogP contribution in [0, 0.1) is 12.7 Å². The van der Waals surface area contributed by atoms with Crippen LogP contribution in [0.25, 0.3) is 0 Å². The minimum Gasteiger partial charge on any atom is -0.342 e. The second-order valence-electron chi connectivity index (χ2n) is 5.42. The van der Waals surface area contributed by atoms with Crippen molar-refractivity contribution in [2.24, 2.45) is 0 Å². The van der Waals surface area contributed by atoms with Crippen molar-refractivity contribution in [3.05, 3.63) is 29.6 Å². The van der Waals surface area contributed by atoms with Crippen LogP contribution in [0.1, 0.15) is 38.7 Å². The standard InChI is InChI=1S/C16H21FN2O2/c1-4-6-13-16(21)19(14(5-2)15(20)18-13)11-8-7-10(3)12(17)9-11/h7-9,13-14H,4-6H2,1-3H3,(H,18,20). The van der Waals surface area contributed by atoms with Gasteiger partial charge in [-0.05, 0) is 37.5 Å². The lowest BCUT2D eigenvalue weighted by Gasteiger charge is -2.38. The molecule has 0 aromatic heterocycles. The summed E-state index contributed by atoms with van der Waals surface area (Å²) in [7, 11) is 0. The maximum atomic E-state index is 13.8. The summed E-state index contributed by atoms with van der Waals surface area (Å²) in [6, 6.07) is 3.56. The average Bonchev–Trinajstić information content (AvgIpc) is 2.45. The van der Waals surface area contributed by atoms with Crippen molar-refractivity contribution in [3.63, 3.8) is 0 Å². The number of aryl methyl sites for hydroxylation is 1. The fourth-order valence-electron chi connectivity index (χ4n) is 2.66. The molecule has 21 heavy (non-hydrogen) atoms. The number of nitrogens with one attached hydrogen (secondary N) is 1. The molecule has 5 heteroatoms. The molecule has 2 unspecified atom stereocenters. The maximum absolute atomic E-state index is 13.8. The fraction of sp³-hybridized carbons (Fsp3) is 0.500. The van der Waals surface area contributed by atoms with Crippen molar-refractivity contribution < 1.29 is 14.0 Å². The van der Waals surface area contributed by atoms with Crippen LogP contribution in [0.5, 0.6) is 0 Å². The van der Waals surface area contributed by atoms with E-state index >= 15 is 0 Å². The summed E-state index contributed by atoms with van der Waals surface area (Å²) in [5, 5.41) is 2.77. The molecule has 114 valence electrons. The van der Waals surface area contributed by atoms with Gasteiger partial charge in [-0.15, -0.1) is 0 Å². The number of carbonyl (C=O) groups excluding carboxylic acids is 2. The summed E-state index contributed by atoms with van der Waals surface area (Å²) in [4.78, 5) is 26.3. The summed E-state index contributed by atoms with van der Waals surface area (Å²) in [6.07, 6.45) is 1.88. The van der Waals surface area contributed by atoms with E-state index < -0.39 is 12.1 Å². The zero-order valence-electron chi connectivity index (χ0n) is 12.6. The number of hydrogen-bond donors (Lipinski definition) is 1. The summed E-state index contributed by atoms with van der Waals surface area (Å²) in [6.45, 7) is 5.47. The highest BCUT2D eigenvalue weighted by Crippen LogP contribution is 2.26. The van der Waals surface area contributed by atoms with Crippen LogP contribution in [0.2, 0.25) is 0 Å². The van der Waals surface area contributed by atoms with E-state index in [-0.39, 0.29) is 17.6 Å². The van der Waals surface area contributed by atoms with Gasteiger partial charge in [0.2, 0.25) is 11.8 Å². The predicted molar refractivity (Wildman–Crippen MR) is 79.5 cm³/mol. The van der Waals surface area contributed by atoms with Crippen molar-refractivity contribution in [3.8, 4) is 0 Å². The lowest BCUT2D eigenvalue weighted by Crippen LogP contribution is -2.63. The molecular formula is C16H21FN2O2. The molecule has 0 radical (unpaired) electrons. The SMILES string of the molecule is CCCC1NC(=O)C(CC)N(c2ccc(C)c(F)c2)C1=O. The summed E-state index contributed by atoms with van der Waals surface area (Å²) >= 11 is 0. The van der Waals surface area contributed by atoms with Crippen molar-refractivity contribution >= 4 is 17.5 Å². The third kappa shape index (κ3) is 2.91. The third-order valence-corrected chi connectivity index (χ3v) is 3.86. The molecule has 1 aliphatic heterocycles. The molecule has 0 aliphatic carbocycles. The first-order chi connectivity index (χ1) is 9.99. The quantitative estimate of drug-likeness (QED) is 0.927. The molecule has 0 bridgehead atoms. The molecule has 1 aliphatic rings. The van der Waals surface area contributed by atoms with Crippen LogP contribution in [-0.4, -0.2) is 23.9 Å². The van der Waals surface area contributed by atoms with E-state index in [1.807, 2.05) is 13.8 Å². The number of amides is 2. The molecule has 1 aromatic carbocycles. The van der Waals surface area contributed by atoms with E-state index in [1.54, 1.807) is 19.1 Å². The van der Waals surface area contributed by atoms with Gasteiger partial charge < -0.3 is 5.32 Å². The maximum Gasteiger partial charge on any atom is 0.250 e. The van der Waals surface area contributed by atoms with Crippen molar-refractivity contribution in [1.82, 2.24) is 5.32 Å². The summed E-state index contributed by atoms with van der Waals surface area (Å²) < 4.78 is 13.8. The van der Waals surface area contributed by atoms with Gasteiger partial charge in [-0.2, -0.15) is 0 Å². The molecule has 1 saturated heterocycles. The van der Waals surface area contributed by atoms with Gasteiger partial charge >= 0.3 is 0 Å². The summed E-state index contributed by atoms with van der Waals surface area (Å²) in [5.74, 6) is -0.698. The van der Waals surface area contributed by atoms with E-state index in [4.69, 9.17) is 0 Å². The Morgan fingerprint density at radius 1 is 1.29 bits per heavy atom. The normalized spacial score (nSPS) is 22.4. The van der Waals surface area contributed by atoms with E-state index in [9.17, 15) is 14.0 Å². The van der Waals surface area contributed by atoms with Gasteiger partial charge in [-0.3, -0.25) is 14.5 Å². The van der Waals surface area contributed by atoms with Gasteiger partial charge in [0.15, 0.2) is 0 Å². The van der Waals surface area contributed by atoms with Crippen LogP contribution >= 0.6 is 0 Å². The average molecular weight is 292 g/mol. The first-order valence-corrected chi connectivity index (χ1v) is 7.39. The zero-order valence-corrected chi connectivity index (χ0v) is 12.6. The minimum atomic E-state index is -0.576. The molecule has 2 amide bonds. The molecule has 1 heterocycles. The number of nitrogens with zero attached hydrogens (tertiary/aromatic N) is 1. The first kappa shape index (κ1) is 15.5. The number of anilines is 1. The molecule has 2 atom stereocenters. The van der Waals surface area contributed by atoms with Gasteiger partial charge in [-0.1, -0.05) is 26.3 Å². The number of benzene rings is 1. The highest BCUT2D eigenvalue weighted by Gasteiger charge is 2.40. The molecule has 0 spiro atoms. The van der Waals surface area contributed by atoms with E-state index in [0.717, 1.165) is 6.42 Å². The number of hydrogen-bond acceptors (Lipinski definition) is 2. The predicted octanol–water partition coefficient (Wildman–Crippen LogP) is 2.54. The Morgan fingerprint density at radius 2 is 2.00 bits per heavy atom. The topological polar surface area (TPSA) is 49.4 Å². The second kappa shape index (κ2) is 6.24. The van der Waals surface area contributed by atoms with Gasteiger partial charge in [0.05, 0.1) is 0 Å². The van der Waals surface area contributed by atoms with E-state index in [1.165, 1.54) is 11.0 Å². The Balaban J connectivity index is 2.41. The van der Waals surface area contributed by atoms with Gasteiger partial charge in [0.25, 0.3) is 0 Å².